The van der Waals surface area contributed by atoms with E-state index >= 15 is 0 Å². The van der Waals surface area contributed by atoms with E-state index in [0.717, 1.165) is 41.6 Å². The van der Waals surface area contributed by atoms with Crippen molar-refractivity contribution in [2.45, 2.75) is 69.0 Å². The molecule has 2 heterocycles. The first-order valence-corrected chi connectivity index (χ1v) is 12.3. The summed E-state index contributed by atoms with van der Waals surface area (Å²) in [4.78, 5) is 21.2. The van der Waals surface area contributed by atoms with Crippen molar-refractivity contribution >= 4 is 44.3 Å². The SMILES string of the molecule is O=C(Nc1nc2cc(Cl)ccc2s1)NC1CCC(n2cnc(C3CC(OC(F)(F)F)C3)c2)CC1. The van der Waals surface area contributed by atoms with E-state index in [0.29, 0.717) is 23.0 Å². The number of alkyl halides is 3. The zero-order valence-electron chi connectivity index (χ0n) is 18.0. The van der Waals surface area contributed by atoms with Crippen LogP contribution in [-0.2, 0) is 4.74 Å². The number of benzene rings is 1. The fourth-order valence-corrected chi connectivity index (χ4v) is 5.65. The number of nitrogens with one attached hydrogen (secondary N) is 2. The van der Waals surface area contributed by atoms with Gasteiger partial charge in [0, 0.05) is 29.2 Å². The minimum absolute atomic E-state index is 0.00818. The smallest absolute Gasteiger partial charge is 0.335 e. The van der Waals surface area contributed by atoms with E-state index in [4.69, 9.17) is 11.6 Å². The summed E-state index contributed by atoms with van der Waals surface area (Å²) in [5.74, 6) is 0.00818. The second-order valence-corrected chi connectivity index (χ2v) is 10.3. The van der Waals surface area contributed by atoms with E-state index in [1.807, 2.05) is 12.3 Å². The Morgan fingerprint density at radius 1 is 1.21 bits per heavy atom. The van der Waals surface area contributed by atoms with E-state index < -0.39 is 12.5 Å². The van der Waals surface area contributed by atoms with Crippen LogP contribution in [0.25, 0.3) is 10.2 Å². The lowest BCUT2D eigenvalue weighted by atomic mass is 9.80. The lowest BCUT2D eigenvalue weighted by Gasteiger charge is -2.34. The molecule has 12 heteroatoms. The molecule has 0 spiro atoms. The number of nitrogens with zero attached hydrogens (tertiary/aromatic N) is 3. The quantitative estimate of drug-likeness (QED) is 0.423. The van der Waals surface area contributed by atoms with Crippen molar-refractivity contribution in [1.82, 2.24) is 19.9 Å². The third-order valence-corrected chi connectivity index (χ3v) is 7.65. The number of urea groups is 1. The summed E-state index contributed by atoms with van der Waals surface area (Å²) in [5, 5.41) is 6.95. The Balaban J connectivity index is 1.08. The average molecular weight is 514 g/mol. The number of thiazole rings is 1. The van der Waals surface area contributed by atoms with Crippen LogP contribution in [0.4, 0.5) is 23.1 Å². The van der Waals surface area contributed by atoms with Gasteiger partial charge in [0.05, 0.1) is 28.3 Å². The number of halogens is 4. The van der Waals surface area contributed by atoms with Gasteiger partial charge in [-0.05, 0) is 56.7 Å². The van der Waals surface area contributed by atoms with E-state index in [2.05, 4.69) is 29.9 Å². The van der Waals surface area contributed by atoms with Crippen LogP contribution in [0.2, 0.25) is 5.02 Å². The standard InChI is InChI=1S/C22H23ClF3N5O2S/c23-13-1-6-19-17(9-13)29-21(34-19)30-20(32)28-14-2-4-15(5-3-14)31-10-18(27-11-31)12-7-16(8-12)33-22(24,25)26/h1,6,9-12,14-16H,2-5,7-8H2,(H2,28,29,30,32). The molecule has 2 saturated carbocycles. The first-order valence-electron chi connectivity index (χ1n) is 11.1. The molecule has 2 N–H and O–H groups in total. The number of hydrogen-bond donors (Lipinski definition) is 2. The zero-order valence-corrected chi connectivity index (χ0v) is 19.6. The Kier molecular flexibility index (Phi) is 6.43. The van der Waals surface area contributed by atoms with Gasteiger partial charge in [-0.25, -0.2) is 14.8 Å². The molecular formula is C22H23ClF3N5O2S. The number of aromatic nitrogens is 3. The lowest BCUT2D eigenvalue weighted by molar-refractivity contribution is -0.351. The first kappa shape index (κ1) is 23.4. The molecule has 2 fully saturated rings. The summed E-state index contributed by atoms with van der Waals surface area (Å²) in [6.07, 6.45) is 2.43. The number of fused-ring (bicyclic) bond motifs is 1. The highest BCUT2D eigenvalue weighted by molar-refractivity contribution is 7.22. The van der Waals surface area contributed by atoms with Gasteiger partial charge in [-0.1, -0.05) is 22.9 Å². The van der Waals surface area contributed by atoms with Gasteiger partial charge in [-0.15, -0.1) is 13.2 Å². The molecule has 182 valence electrons. The number of carbonyl (C=O) groups excluding carboxylic acids is 1. The van der Waals surface area contributed by atoms with Crippen LogP contribution >= 0.6 is 22.9 Å². The molecule has 0 radical (unpaired) electrons. The molecule has 0 saturated heterocycles. The molecule has 0 bridgehead atoms. The van der Waals surface area contributed by atoms with Crippen LogP contribution in [0.5, 0.6) is 0 Å². The van der Waals surface area contributed by atoms with E-state index in [1.165, 1.54) is 11.3 Å². The highest BCUT2D eigenvalue weighted by Gasteiger charge is 2.41. The molecule has 2 aliphatic rings. The third-order valence-electron chi connectivity index (χ3n) is 6.46. The lowest BCUT2D eigenvalue weighted by Crippen LogP contribution is -2.40. The Morgan fingerprint density at radius 3 is 2.71 bits per heavy atom. The van der Waals surface area contributed by atoms with Gasteiger partial charge in [0.1, 0.15) is 0 Å². The van der Waals surface area contributed by atoms with Crippen molar-refractivity contribution in [2.24, 2.45) is 0 Å². The molecule has 2 aromatic heterocycles. The molecule has 2 aliphatic carbocycles. The fraction of sp³-hybridized carbons (Fsp3) is 0.500. The molecule has 3 aromatic rings. The van der Waals surface area contributed by atoms with Gasteiger partial charge >= 0.3 is 12.4 Å². The van der Waals surface area contributed by atoms with Crippen LogP contribution in [0.15, 0.2) is 30.7 Å². The monoisotopic (exact) mass is 513 g/mol. The maximum Gasteiger partial charge on any atom is 0.522 e. The summed E-state index contributed by atoms with van der Waals surface area (Å²) < 4.78 is 44.0. The fourth-order valence-electron chi connectivity index (χ4n) is 4.65. The predicted molar refractivity (Wildman–Crippen MR) is 123 cm³/mol. The largest absolute Gasteiger partial charge is 0.522 e. The van der Waals surface area contributed by atoms with Crippen LogP contribution in [0, 0.1) is 0 Å². The van der Waals surface area contributed by atoms with Crippen molar-refractivity contribution in [3.63, 3.8) is 0 Å². The average Bonchev–Trinajstić information content (AvgIpc) is 3.36. The Morgan fingerprint density at radius 2 is 1.97 bits per heavy atom. The molecular weight excluding hydrogens is 491 g/mol. The number of imidazole rings is 1. The van der Waals surface area contributed by atoms with Gasteiger partial charge in [0.25, 0.3) is 0 Å². The summed E-state index contributed by atoms with van der Waals surface area (Å²) in [6.45, 7) is 0. The van der Waals surface area contributed by atoms with Crippen molar-refractivity contribution < 1.29 is 22.7 Å². The van der Waals surface area contributed by atoms with Gasteiger partial charge in [-0.2, -0.15) is 0 Å². The van der Waals surface area contributed by atoms with E-state index in [1.54, 1.807) is 18.5 Å². The zero-order chi connectivity index (χ0) is 23.9. The third kappa shape index (κ3) is 5.47. The molecule has 0 aliphatic heterocycles. The highest BCUT2D eigenvalue weighted by atomic mass is 35.5. The molecule has 7 nitrogen and oxygen atoms in total. The van der Waals surface area contributed by atoms with E-state index in [9.17, 15) is 18.0 Å². The Bertz CT molecular complexity index is 1170. The summed E-state index contributed by atoms with van der Waals surface area (Å²) in [7, 11) is 0. The second-order valence-electron chi connectivity index (χ2n) is 8.83. The van der Waals surface area contributed by atoms with Gasteiger partial charge in [-0.3, -0.25) is 10.1 Å². The summed E-state index contributed by atoms with van der Waals surface area (Å²) in [6, 6.07) is 5.48. The van der Waals surface area contributed by atoms with Crippen LogP contribution < -0.4 is 10.6 Å². The van der Waals surface area contributed by atoms with Gasteiger partial charge in [0.2, 0.25) is 0 Å². The first-order chi connectivity index (χ1) is 16.2. The normalized spacial score (nSPS) is 25.2. The molecule has 0 unspecified atom stereocenters. The minimum atomic E-state index is -4.58. The van der Waals surface area contributed by atoms with E-state index in [-0.39, 0.29) is 24.0 Å². The van der Waals surface area contributed by atoms with Gasteiger partial charge < -0.3 is 9.88 Å². The second kappa shape index (κ2) is 9.35. The highest BCUT2D eigenvalue weighted by Crippen LogP contribution is 2.41. The number of carbonyl (C=O) groups is 1. The van der Waals surface area contributed by atoms with Crippen molar-refractivity contribution in [3.8, 4) is 0 Å². The van der Waals surface area contributed by atoms with Crippen molar-refractivity contribution in [2.75, 3.05) is 5.32 Å². The number of amides is 2. The molecule has 34 heavy (non-hydrogen) atoms. The van der Waals surface area contributed by atoms with Gasteiger partial charge in [0.15, 0.2) is 5.13 Å². The number of ether oxygens (including phenoxy) is 1. The van der Waals surface area contributed by atoms with Crippen LogP contribution in [0.1, 0.15) is 56.2 Å². The number of anilines is 1. The minimum Gasteiger partial charge on any atom is -0.335 e. The maximum absolute atomic E-state index is 12.4. The number of hydrogen-bond acceptors (Lipinski definition) is 5. The molecule has 5 rings (SSSR count). The number of rotatable bonds is 5. The molecule has 1 aromatic carbocycles. The van der Waals surface area contributed by atoms with Crippen LogP contribution in [0.3, 0.4) is 0 Å². The van der Waals surface area contributed by atoms with Crippen LogP contribution in [-0.4, -0.2) is 39.1 Å². The predicted octanol–water partition coefficient (Wildman–Crippen LogP) is 6.23. The Hall–Kier alpha value is -2.37. The summed E-state index contributed by atoms with van der Waals surface area (Å²) in [5.41, 5.74) is 1.57. The maximum atomic E-state index is 12.4. The topological polar surface area (TPSA) is 81.1 Å². The Labute approximate surface area is 202 Å². The van der Waals surface area contributed by atoms with Crippen molar-refractivity contribution in [3.05, 3.63) is 41.4 Å². The summed E-state index contributed by atoms with van der Waals surface area (Å²) >= 11 is 7.38. The molecule has 2 amide bonds. The molecule has 0 atom stereocenters. The van der Waals surface area contributed by atoms with Crippen molar-refractivity contribution in [1.29, 1.82) is 0 Å².